The van der Waals surface area contributed by atoms with Gasteiger partial charge in [-0.3, -0.25) is 4.79 Å². The number of aliphatic hydroxyl groups is 1. The summed E-state index contributed by atoms with van der Waals surface area (Å²) in [5.41, 5.74) is -1.14. The third-order valence-electron chi connectivity index (χ3n) is 4.55. The number of rotatable bonds is 5. The third kappa shape index (κ3) is 2.47. The first-order chi connectivity index (χ1) is 11.4. The molecule has 2 N–H and O–H groups in total. The summed E-state index contributed by atoms with van der Waals surface area (Å²) in [4.78, 5) is 11.9. The largest absolute Gasteiger partial charge is 0.481 e. The van der Waals surface area contributed by atoms with Crippen LogP contribution in [0.3, 0.4) is 0 Å². The van der Waals surface area contributed by atoms with Crippen LogP contribution in [-0.4, -0.2) is 36.5 Å². The fourth-order valence-electron chi connectivity index (χ4n) is 3.27. The van der Waals surface area contributed by atoms with Gasteiger partial charge in [0.1, 0.15) is 5.41 Å². The first-order valence-corrected chi connectivity index (χ1v) is 9.58. The highest BCUT2D eigenvalue weighted by atomic mass is 79.9. The number of benzene rings is 2. The molecule has 0 saturated heterocycles. The summed E-state index contributed by atoms with van der Waals surface area (Å²) in [5.74, 6) is -2.10. The van der Waals surface area contributed by atoms with Crippen molar-refractivity contribution in [3.05, 3.63) is 64.6 Å². The van der Waals surface area contributed by atoms with Crippen molar-refractivity contribution in [1.29, 1.82) is 0 Å². The molecule has 0 aromatic heterocycles. The van der Waals surface area contributed by atoms with Crippen LogP contribution in [0.2, 0.25) is 0 Å². The summed E-state index contributed by atoms with van der Waals surface area (Å²) in [5, 5.41) is 18.2. The molecule has 0 amide bonds. The molecule has 24 heavy (non-hydrogen) atoms. The molecule has 3 atom stereocenters. The maximum atomic E-state index is 12.9. The maximum Gasteiger partial charge on any atom is 0.314 e. The highest BCUT2D eigenvalue weighted by Crippen LogP contribution is 2.64. The number of halogens is 1. The van der Waals surface area contributed by atoms with E-state index in [9.17, 15) is 23.4 Å². The smallest absolute Gasteiger partial charge is 0.314 e. The monoisotopic (exact) mass is 410 g/mol. The van der Waals surface area contributed by atoms with Gasteiger partial charge in [0.25, 0.3) is 0 Å². The van der Waals surface area contributed by atoms with Crippen LogP contribution in [0.5, 0.6) is 0 Å². The zero-order valence-corrected chi connectivity index (χ0v) is 14.9. The standard InChI is InChI=1S/C17H15BrO5S/c18-12-8-6-11(7-9-12)14-15(17(14,10-19)16(20)21)24(22,23)13-4-2-1-3-5-13/h1-9,14-15,19H,10H2,(H,20,21)/t14-,15-,17-/m1/s1. The normalized spacial score (nSPS) is 26.1. The van der Waals surface area contributed by atoms with Crippen LogP contribution in [0.1, 0.15) is 11.5 Å². The van der Waals surface area contributed by atoms with E-state index in [-0.39, 0.29) is 4.90 Å². The van der Waals surface area contributed by atoms with Crippen molar-refractivity contribution in [3.63, 3.8) is 0 Å². The molecule has 0 radical (unpaired) electrons. The summed E-state index contributed by atoms with van der Waals surface area (Å²) >= 11 is 3.30. The fraction of sp³-hybridized carbons (Fsp3) is 0.235. The quantitative estimate of drug-likeness (QED) is 0.789. The van der Waals surface area contributed by atoms with Gasteiger partial charge >= 0.3 is 5.97 Å². The molecule has 1 saturated carbocycles. The Bertz CT molecular complexity index is 864. The molecule has 7 heteroatoms. The van der Waals surface area contributed by atoms with E-state index in [1.54, 1.807) is 42.5 Å². The predicted molar refractivity (Wildman–Crippen MR) is 91.5 cm³/mol. The van der Waals surface area contributed by atoms with Crippen LogP contribution < -0.4 is 0 Å². The van der Waals surface area contributed by atoms with Crippen molar-refractivity contribution in [2.45, 2.75) is 16.1 Å². The molecule has 0 spiro atoms. The van der Waals surface area contributed by atoms with Crippen LogP contribution in [0.25, 0.3) is 0 Å². The molecule has 0 bridgehead atoms. The minimum atomic E-state index is -3.89. The van der Waals surface area contributed by atoms with E-state index in [4.69, 9.17) is 0 Å². The molecular weight excluding hydrogens is 396 g/mol. The van der Waals surface area contributed by atoms with E-state index in [0.29, 0.717) is 5.56 Å². The number of aliphatic carboxylic acids is 1. The van der Waals surface area contributed by atoms with Gasteiger partial charge in [-0.2, -0.15) is 0 Å². The minimum absolute atomic E-state index is 0.0636. The van der Waals surface area contributed by atoms with Crippen LogP contribution in [0, 0.1) is 5.41 Å². The lowest BCUT2D eigenvalue weighted by atomic mass is 10.0. The molecule has 0 unspecified atom stereocenters. The molecular formula is C17H15BrO5S. The average Bonchev–Trinajstić information content (AvgIpc) is 3.28. The second-order valence-electron chi connectivity index (χ2n) is 5.81. The van der Waals surface area contributed by atoms with Crippen molar-refractivity contribution in [3.8, 4) is 0 Å². The van der Waals surface area contributed by atoms with Crippen molar-refractivity contribution in [2.24, 2.45) is 5.41 Å². The first kappa shape index (κ1) is 17.1. The van der Waals surface area contributed by atoms with Gasteiger partial charge in [-0.1, -0.05) is 46.3 Å². The highest BCUT2D eigenvalue weighted by Gasteiger charge is 2.75. The van der Waals surface area contributed by atoms with E-state index in [1.807, 2.05) is 0 Å². The van der Waals surface area contributed by atoms with Gasteiger partial charge in [-0.05, 0) is 29.8 Å². The van der Waals surface area contributed by atoms with E-state index in [2.05, 4.69) is 15.9 Å². The Hall–Kier alpha value is -1.70. The highest BCUT2D eigenvalue weighted by molar-refractivity contribution is 9.10. The fourth-order valence-corrected chi connectivity index (χ4v) is 5.92. The summed E-state index contributed by atoms with van der Waals surface area (Å²) in [6.07, 6.45) is 0. The van der Waals surface area contributed by atoms with Gasteiger partial charge in [-0.15, -0.1) is 0 Å². The Morgan fingerprint density at radius 1 is 1.08 bits per heavy atom. The van der Waals surface area contributed by atoms with Gasteiger partial charge in [0.15, 0.2) is 9.84 Å². The Kier molecular flexibility index (Phi) is 4.27. The third-order valence-corrected chi connectivity index (χ3v) is 7.37. The lowest BCUT2D eigenvalue weighted by Crippen LogP contribution is -2.27. The van der Waals surface area contributed by atoms with Gasteiger partial charge < -0.3 is 10.2 Å². The summed E-state index contributed by atoms with van der Waals surface area (Å²) in [6.45, 7) is -0.736. The number of hydrogen-bond donors (Lipinski definition) is 2. The average molecular weight is 411 g/mol. The van der Waals surface area contributed by atoms with E-state index in [1.165, 1.54) is 12.1 Å². The molecule has 5 nitrogen and oxygen atoms in total. The van der Waals surface area contributed by atoms with Crippen molar-refractivity contribution in [1.82, 2.24) is 0 Å². The molecule has 1 aliphatic rings. The zero-order valence-electron chi connectivity index (χ0n) is 12.5. The van der Waals surface area contributed by atoms with Crippen molar-refractivity contribution >= 4 is 31.7 Å². The topological polar surface area (TPSA) is 91.7 Å². The number of carboxylic acid groups (broad SMARTS) is 1. The van der Waals surface area contributed by atoms with Gasteiger partial charge in [0, 0.05) is 10.4 Å². The van der Waals surface area contributed by atoms with Gasteiger partial charge in [-0.25, -0.2) is 8.42 Å². The molecule has 126 valence electrons. The first-order valence-electron chi connectivity index (χ1n) is 7.24. The summed E-state index contributed by atoms with van der Waals surface area (Å²) in [7, 11) is -3.89. The SMILES string of the molecule is O=C(O)[C@]1(CO)[C@H](c2ccc(Br)cc2)[C@H]1S(=O)(=O)c1ccccc1. The summed E-state index contributed by atoms with van der Waals surface area (Å²) < 4.78 is 26.7. The Labute approximate surface area is 148 Å². The second-order valence-corrected chi connectivity index (χ2v) is 8.80. The number of hydrogen-bond acceptors (Lipinski definition) is 4. The van der Waals surface area contributed by atoms with Crippen LogP contribution in [0.4, 0.5) is 0 Å². The van der Waals surface area contributed by atoms with Crippen LogP contribution >= 0.6 is 15.9 Å². The van der Waals surface area contributed by atoms with E-state index in [0.717, 1.165) is 4.47 Å². The molecule has 0 heterocycles. The molecule has 1 fully saturated rings. The summed E-state index contributed by atoms with van der Waals surface area (Å²) in [6, 6.07) is 14.6. The van der Waals surface area contributed by atoms with Crippen LogP contribution in [-0.2, 0) is 14.6 Å². The van der Waals surface area contributed by atoms with Crippen molar-refractivity contribution in [2.75, 3.05) is 6.61 Å². The van der Waals surface area contributed by atoms with Gasteiger partial charge in [0.2, 0.25) is 0 Å². The zero-order chi connectivity index (χ0) is 17.5. The molecule has 1 aliphatic carbocycles. The minimum Gasteiger partial charge on any atom is -0.481 e. The maximum absolute atomic E-state index is 12.9. The van der Waals surface area contributed by atoms with E-state index >= 15 is 0 Å². The second kappa shape index (κ2) is 5.98. The Morgan fingerprint density at radius 3 is 2.17 bits per heavy atom. The Morgan fingerprint density at radius 2 is 1.67 bits per heavy atom. The number of sulfone groups is 1. The lowest BCUT2D eigenvalue weighted by Gasteiger charge is -2.09. The van der Waals surface area contributed by atoms with Crippen LogP contribution in [0.15, 0.2) is 64.0 Å². The van der Waals surface area contributed by atoms with Gasteiger partial charge in [0.05, 0.1) is 16.8 Å². The van der Waals surface area contributed by atoms with Crippen molar-refractivity contribution < 1.29 is 23.4 Å². The molecule has 0 aliphatic heterocycles. The Balaban J connectivity index is 2.11. The predicted octanol–water partition coefficient (Wildman–Crippen LogP) is 2.45. The number of aliphatic hydroxyl groups excluding tert-OH is 1. The lowest BCUT2D eigenvalue weighted by molar-refractivity contribution is -0.145. The number of carbonyl (C=O) groups is 1. The molecule has 3 rings (SSSR count). The molecule has 2 aromatic rings. The number of carboxylic acids is 1. The van der Waals surface area contributed by atoms with E-state index < -0.39 is 39.0 Å². The molecule has 2 aromatic carbocycles.